The van der Waals surface area contributed by atoms with Crippen molar-refractivity contribution < 1.29 is 8.78 Å². The first-order valence-corrected chi connectivity index (χ1v) is 9.84. The van der Waals surface area contributed by atoms with Gasteiger partial charge in [-0.25, -0.2) is 13.8 Å². The van der Waals surface area contributed by atoms with Crippen molar-refractivity contribution in [3.8, 4) is 0 Å². The van der Waals surface area contributed by atoms with Gasteiger partial charge in [0.25, 0.3) is 0 Å². The minimum atomic E-state index is -0.539. The van der Waals surface area contributed by atoms with Crippen LogP contribution in [0, 0.1) is 11.6 Å². The summed E-state index contributed by atoms with van der Waals surface area (Å²) < 4.78 is 27.4. The maximum absolute atomic E-state index is 13.7. The summed E-state index contributed by atoms with van der Waals surface area (Å²) in [6.45, 7) is 5.69. The van der Waals surface area contributed by atoms with Crippen molar-refractivity contribution in [3.63, 3.8) is 0 Å². The average Bonchev–Trinajstić information content (AvgIpc) is 2.67. The lowest BCUT2D eigenvalue weighted by Gasteiger charge is -2.43. The van der Waals surface area contributed by atoms with Crippen molar-refractivity contribution in [2.75, 3.05) is 13.1 Å². The van der Waals surface area contributed by atoms with E-state index in [1.54, 1.807) is 6.20 Å². The highest BCUT2D eigenvalue weighted by Crippen LogP contribution is 2.37. The fourth-order valence-corrected chi connectivity index (χ4v) is 4.35. The Morgan fingerprint density at radius 3 is 2.39 bits per heavy atom. The first kappa shape index (κ1) is 19.2. The van der Waals surface area contributed by atoms with Crippen LogP contribution < -0.4 is 0 Å². The van der Waals surface area contributed by atoms with Crippen LogP contribution in [0.1, 0.15) is 43.9 Å². The molecule has 3 aromatic rings. The van der Waals surface area contributed by atoms with E-state index in [0.717, 1.165) is 48.5 Å². The third-order valence-electron chi connectivity index (χ3n) is 5.89. The molecule has 0 aliphatic carbocycles. The molecule has 1 aliphatic heterocycles. The largest absolute Gasteiger partial charge is 0.294 e. The van der Waals surface area contributed by atoms with Gasteiger partial charge in [-0.2, -0.15) is 0 Å². The Morgan fingerprint density at radius 2 is 1.71 bits per heavy atom. The number of rotatable bonds is 3. The molecule has 0 amide bonds. The predicted octanol–water partition coefficient (Wildman–Crippen LogP) is 5.68. The van der Waals surface area contributed by atoms with E-state index in [0.29, 0.717) is 16.6 Å². The summed E-state index contributed by atoms with van der Waals surface area (Å²) in [5, 5.41) is 2.55. The summed E-state index contributed by atoms with van der Waals surface area (Å²) in [4.78, 5) is 11.1. The molecule has 146 valence electrons. The fourth-order valence-electron chi connectivity index (χ4n) is 4.19. The zero-order valence-corrected chi connectivity index (χ0v) is 16.7. The molecule has 4 rings (SSSR count). The Hall–Kier alpha value is -2.11. The molecule has 2 aromatic heterocycles. The van der Waals surface area contributed by atoms with Crippen LogP contribution in [0.25, 0.3) is 10.8 Å². The van der Waals surface area contributed by atoms with Crippen LogP contribution in [-0.2, 0) is 5.54 Å². The van der Waals surface area contributed by atoms with Gasteiger partial charge in [0.05, 0.1) is 5.69 Å². The molecule has 0 spiro atoms. The summed E-state index contributed by atoms with van der Waals surface area (Å²) in [5.41, 5.74) is 1.26. The van der Waals surface area contributed by atoms with Crippen LogP contribution in [-0.4, -0.2) is 28.0 Å². The Labute approximate surface area is 168 Å². The van der Waals surface area contributed by atoms with Crippen molar-refractivity contribution in [1.29, 1.82) is 0 Å². The van der Waals surface area contributed by atoms with E-state index in [4.69, 9.17) is 11.6 Å². The second kappa shape index (κ2) is 7.37. The van der Waals surface area contributed by atoms with Crippen LogP contribution in [0.15, 0.2) is 42.7 Å². The first-order valence-electron chi connectivity index (χ1n) is 9.46. The van der Waals surface area contributed by atoms with E-state index in [2.05, 4.69) is 14.9 Å². The Balaban J connectivity index is 1.56. The van der Waals surface area contributed by atoms with Crippen molar-refractivity contribution in [3.05, 3.63) is 70.8 Å². The number of aromatic nitrogens is 2. The molecule has 3 heterocycles. The van der Waals surface area contributed by atoms with Crippen LogP contribution in [0.3, 0.4) is 0 Å². The number of likely N-dealkylation sites (tertiary alicyclic amines) is 1. The van der Waals surface area contributed by atoms with Crippen molar-refractivity contribution in [2.24, 2.45) is 0 Å². The number of nitrogens with zero attached hydrogens (tertiary/aromatic N) is 3. The van der Waals surface area contributed by atoms with Gasteiger partial charge in [0, 0.05) is 40.7 Å². The summed E-state index contributed by atoms with van der Waals surface area (Å²) in [6.07, 6.45) is 5.44. The Morgan fingerprint density at radius 1 is 1.04 bits per heavy atom. The molecule has 1 aromatic carbocycles. The van der Waals surface area contributed by atoms with Crippen LogP contribution >= 0.6 is 11.6 Å². The average molecular weight is 402 g/mol. The quantitative estimate of drug-likeness (QED) is 0.529. The number of benzene rings is 1. The molecule has 0 atom stereocenters. The van der Waals surface area contributed by atoms with Gasteiger partial charge < -0.3 is 0 Å². The van der Waals surface area contributed by atoms with Crippen molar-refractivity contribution in [1.82, 2.24) is 14.9 Å². The van der Waals surface area contributed by atoms with E-state index in [1.165, 1.54) is 12.1 Å². The summed E-state index contributed by atoms with van der Waals surface area (Å²) >= 11 is 6.10. The monoisotopic (exact) mass is 401 g/mol. The molecule has 28 heavy (non-hydrogen) atoms. The number of hydrogen-bond donors (Lipinski definition) is 0. The van der Waals surface area contributed by atoms with Gasteiger partial charge in [-0.05, 0) is 69.6 Å². The minimum Gasteiger partial charge on any atom is -0.294 e. The van der Waals surface area contributed by atoms with E-state index >= 15 is 0 Å². The molecule has 0 saturated carbocycles. The molecule has 0 bridgehead atoms. The Kier molecular flexibility index (Phi) is 5.06. The first-order chi connectivity index (χ1) is 13.3. The maximum Gasteiger partial charge on any atom is 0.129 e. The molecule has 0 radical (unpaired) electrons. The van der Waals surface area contributed by atoms with Gasteiger partial charge in [-0.3, -0.25) is 9.88 Å². The van der Waals surface area contributed by atoms with E-state index < -0.39 is 17.2 Å². The number of halogens is 3. The molecule has 1 saturated heterocycles. The molecule has 0 unspecified atom stereocenters. The van der Waals surface area contributed by atoms with Crippen LogP contribution in [0.5, 0.6) is 0 Å². The topological polar surface area (TPSA) is 29.0 Å². The van der Waals surface area contributed by atoms with Crippen molar-refractivity contribution >= 4 is 22.4 Å². The number of fused-ring (bicyclic) bond motifs is 1. The molecule has 6 heteroatoms. The maximum atomic E-state index is 13.7. The van der Waals surface area contributed by atoms with E-state index in [9.17, 15) is 8.78 Å². The highest BCUT2D eigenvalue weighted by atomic mass is 35.5. The van der Waals surface area contributed by atoms with Crippen LogP contribution in [0.4, 0.5) is 8.78 Å². The van der Waals surface area contributed by atoms with Crippen LogP contribution in [0.2, 0.25) is 5.15 Å². The smallest absolute Gasteiger partial charge is 0.129 e. The van der Waals surface area contributed by atoms with Gasteiger partial charge in [0.1, 0.15) is 16.8 Å². The minimum absolute atomic E-state index is 0.318. The summed E-state index contributed by atoms with van der Waals surface area (Å²) in [7, 11) is 0. The second-order valence-corrected chi connectivity index (χ2v) is 8.29. The van der Waals surface area contributed by atoms with Gasteiger partial charge in [0.2, 0.25) is 0 Å². The summed E-state index contributed by atoms with van der Waals surface area (Å²) in [6, 6.07) is 7.59. The third kappa shape index (κ3) is 3.61. The number of hydrogen-bond acceptors (Lipinski definition) is 3. The molecular formula is C22H22ClF2N3. The molecule has 3 nitrogen and oxygen atoms in total. The third-order valence-corrected chi connectivity index (χ3v) is 6.09. The van der Waals surface area contributed by atoms with Gasteiger partial charge in [-0.15, -0.1) is 0 Å². The zero-order chi connectivity index (χ0) is 19.9. The zero-order valence-electron chi connectivity index (χ0n) is 15.9. The normalized spacial score (nSPS) is 16.6. The van der Waals surface area contributed by atoms with Gasteiger partial charge in [-0.1, -0.05) is 11.6 Å². The number of piperidine rings is 1. The van der Waals surface area contributed by atoms with E-state index in [1.807, 2.05) is 32.2 Å². The predicted molar refractivity (Wildman–Crippen MR) is 107 cm³/mol. The molecule has 1 fully saturated rings. The molecule has 1 aliphatic rings. The second-order valence-electron chi connectivity index (χ2n) is 7.90. The standard InChI is InChI=1S/C22H22ClF2N3/c1-22(2,16-9-17(24)11-18(25)10-16)28-7-4-14(5-8-28)21-19-12-20(23)27-13-15(19)3-6-26-21/h3,6,9-14H,4-5,7-8H2,1-2H3. The van der Waals surface area contributed by atoms with Gasteiger partial charge in [0.15, 0.2) is 0 Å². The lowest BCUT2D eigenvalue weighted by Crippen LogP contribution is -2.46. The van der Waals surface area contributed by atoms with Crippen molar-refractivity contribution in [2.45, 2.75) is 38.1 Å². The molecule has 0 N–H and O–H groups in total. The SMILES string of the molecule is CC(C)(c1cc(F)cc(F)c1)N1CCC(c2nccc3cnc(Cl)cc23)CC1. The lowest BCUT2D eigenvalue weighted by atomic mass is 9.85. The molecular weight excluding hydrogens is 380 g/mol. The fraction of sp³-hybridized carbons (Fsp3) is 0.364. The number of pyridine rings is 2. The highest BCUT2D eigenvalue weighted by Gasteiger charge is 2.33. The van der Waals surface area contributed by atoms with E-state index in [-0.39, 0.29) is 0 Å². The van der Waals surface area contributed by atoms with Gasteiger partial charge >= 0.3 is 0 Å². The Bertz CT molecular complexity index is 994. The summed E-state index contributed by atoms with van der Waals surface area (Å²) in [5.74, 6) is -0.759. The lowest BCUT2D eigenvalue weighted by molar-refractivity contribution is 0.0856. The highest BCUT2D eigenvalue weighted by molar-refractivity contribution is 6.30.